The molecule has 15 heteroatoms. The number of benzene rings is 1. The molecule has 0 saturated heterocycles. The van der Waals surface area contributed by atoms with Crippen LogP contribution < -0.4 is 16.2 Å². The molecule has 180 valence electrons. The number of amides is 3. The van der Waals surface area contributed by atoms with Gasteiger partial charge in [0.1, 0.15) is 11.5 Å². The molecule has 8 nitrogen and oxygen atoms in total. The lowest BCUT2D eigenvalue weighted by atomic mass is 10.0. The second kappa shape index (κ2) is 9.59. The molecule has 0 bridgehead atoms. The van der Waals surface area contributed by atoms with Crippen LogP contribution >= 0.6 is 11.6 Å². The molecule has 1 atom stereocenters. The second-order valence-electron chi connectivity index (χ2n) is 6.75. The quantitative estimate of drug-likeness (QED) is 0.368. The van der Waals surface area contributed by atoms with Crippen molar-refractivity contribution in [1.82, 2.24) is 30.9 Å². The first-order chi connectivity index (χ1) is 15.9. The monoisotopic (exact) mass is 506 g/mol. The molecule has 3 amide bonds. The van der Waals surface area contributed by atoms with E-state index >= 15 is 0 Å². The molecule has 0 unspecified atom stereocenters. The number of carbonyl (C=O) groups excluding carboxylic acids is 2. The highest BCUT2D eigenvalue weighted by molar-refractivity contribution is 6.31. The van der Waals surface area contributed by atoms with Gasteiger partial charge in [-0.3, -0.25) is 15.2 Å². The minimum atomic E-state index is -5.22. The first-order valence-corrected chi connectivity index (χ1v) is 9.53. The number of hydrazine groups is 1. The van der Waals surface area contributed by atoms with Crippen LogP contribution in [0, 0.1) is 17.5 Å². The highest BCUT2D eigenvalue weighted by atomic mass is 35.5. The summed E-state index contributed by atoms with van der Waals surface area (Å²) in [6.07, 6.45) is -2.36. The molecule has 0 saturated carbocycles. The van der Waals surface area contributed by atoms with Gasteiger partial charge in [-0.2, -0.15) is 18.3 Å². The maximum Gasteiger partial charge on any atom is 0.472 e. The zero-order valence-electron chi connectivity index (χ0n) is 16.8. The molecule has 3 N–H and O–H groups in total. The number of urea groups is 1. The molecule has 0 spiro atoms. The fraction of sp³-hybridized carbons (Fsp3) is 0.158. The predicted molar refractivity (Wildman–Crippen MR) is 106 cm³/mol. The molecule has 0 aliphatic rings. The zero-order chi connectivity index (χ0) is 25.2. The van der Waals surface area contributed by atoms with Gasteiger partial charge in [0.2, 0.25) is 0 Å². The predicted octanol–water partition coefficient (Wildman–Crippen LogP) is 3.96. The van der Waals surface area contributed by atoms with E-state index < -0.39 is 41.6 Å². The number of alkyl halides is 3. The Balaban J connectivity index is 1.83. The van der Waals surface area contributed by atoms with E-state index in [2.05, 4.69) is 15.4 Å². The highest BCUT2D eigenvalue weighted by Gasteiger charge is 2.39. The summed E-state index contributed by atoms with van der Waals surface area (Å²) in [5.41, 5.74) is 2.11. The zero-order valence-corrected chi connectivity index (χ0v) is 17.6. The minimum absolute atomic E-state index is 0.0271. The van der Waals surface area contributed by atoms with Gasteiger partial charge in [0.25, 0.3) is 0 Å². The van der Waals surface area contributed by atoms with Gasteiger partial charge in [0, 0.05) is 22.3 Å². The van der Waals surface area contributed by atoms with Gasteiger partial charge < -0.3 is 5.32 Å². The summed E-state index contributed by atoms with van der Waals surface area (Å²) in [6, 6.07) is 0.759. The molecule has 2 heterocycles. The summed E-state index contributed by atoms with van der Waals surface area (Å²) in [5.74, 6) is -5.00. The number of hydrogen-bond acceptors (Lipinski definition) is 4. The average molecular weight is 507 g/mol. The molecule has 2 aromatic heterocycles. The van der Waals surface area contributed by atoms with Crippen molar-refractivity contribution in [3.05, 3.63) is 65.0 Å². The van der Waals surface area contributed by atoms with E-state index in [1.165, 1.54) is 18.4 Å². The van der Waals surface area contributed by atoms with Crippen LogP contribution in [0.2, 0.25) is 5.02 Å². The van der Waals surface area contributed by atoms with Crippen molar-refractivity contribution in [2.45, 2.75) is 19.1 Å². The molecule has 0 aliphatic heterocycles. The summed E-state index contributed by atoms with van der Waals surface area (Å²) < 4.78 is 80.1. The SMILES string of the molecule is C[C@@H](NC(=O)NNC(=O)C(F)(F)F)c1ncc(-c2cc(Cl)cc(F)c2-n2cc(F)cn2)cc1F. The van der Waals surface area contributed by atoms with Gasteiger partial charge in [-0.05, 0) is 25.1 Å². The Morgan fingerprint density at radius 1 is 1.06 bits per heavy atom. The van der Waals surface area contributed by atoms with Gasteiger partial charge in [-0.15, -0.1) is 0 Å². The number of hydrogen-bond donors (Lipinski definition) is 3. The van der Waals surface area contributed by atoms with Crippen molar-refractivity contribution >= 4 is 23.5 Å². The molecule has 34 heavy (non-hydrogen) atoms. The molecule has 0 fully saturated rings. The fourth-order valence-corrected chi connectivity index (χ4v) is 3.05. The smallest absolute Gasteiger partial charge is 0.329 e. The summed E-state index contributed by atoms with van der Waals surface area (Å²) in [4.78, 5) is 26.3. The molecule has 3 rings (SSSR count). The number of nitrogens with one attached hydrogen (secondary N) is 3. The largest absolute Gasteiger partial charge is 0.472 e. The van der Waals surface area contributed by atoms with E-state index in [4.69, 9.17) is 11.6 Å². The maximum absolute atomic E-state index is 14.8. The molecule has 0 radical (unpaired) electrons. The standard InChI is InChI=1S/C19H13ClF6N6O2/c1-8(29-18(34)31-30-17(33)19(24,25)26)15-13(22)2-9(5-27-15)12-3-10(20)4-14(23)16(12)32-7-11(21)6-28-32/h2-8H,1H3,(H,30,33)(H2,29,31,34)/t8-/m1/s1. The summed E-state index contributed by atoms with van der Waals surface area (Å²) in [6.45, 7) is 1.27. The van der Waals surface area contributed by atoms with Gasteiger partial charge in [0.15, 0.2) is 11.6 Å². The van der Waals surface area contributed by atoms with Crippen molar-refractivity contribution in [2.75, 3.05) is 0 Å². The van der Waals surface area contributed by atoms with Crippen molar-refractivity contribution in [3.63, 3.8) is 0 Å². The number of nitrogens with zero attached hydrogens (tertiary/aromatic N) is 3. The summed E-state index contributed by atoms with van der Waals surface area (Å²) in [5, 5.41) is 5.75. The van der Waals surface area contributed by atoms with Gasteiger partial charge in [0.05, 0.1) is 24.1 Å². The topological polar surface area (TPSA) is 101 Å². The third-order valence-electron chi connectivity index (χ3n) is 4.29. The lowest BCUT2D eigenvalue weighted by molar-refractivity contribution is -0.174. The van der Waals surface area contributed by atoms with E-state index in [0.29, 0.717) is 0 Å². The van der Waals surface area contributed by atoms with E-state index in [9.17, 15) is 35.9 Å². The molecule has 0 aliphatic carbocycles. The second-order valence-corrected chi connectivity index (χ2v) is 7.19. The normalized spacial score (nSPS) is 12.2. The van der Waals surface area contributed by atoms with E-state index in [-0.39, 0.29) is 27.5 Å². The number of carbonyl (C=O) groups is 2. The van der Waals surface area contributed by atoms with Crippen molar-refractivity contribution in [1.29, 1.82) is 0 Å². The molecular weight excluding hydrogens is 494 g/mol. The molecule has 1 aromatic carbocycles. The van der Waals surface area contributed by atoms with Crippen LogP contribution in [0.25, 0.3) is 16.8 Å². The van der Waals surface area contributed by atoms with E-state index in [1.54, 1.807) is 0 Å². The first kappa shape index (κ1) is 24.8. The number of aromatic nitrogens is 3. The van der Waals surface area contributed by atoms with Crippen LogP contribution in [0.1, 0.15) is 18.7 Å². The van der Waals surface area contributed by atoms with Crippen LogP contribution in [0.4, 0.5) is 31.1 Å². The Hall–Kier alpha value is -3.81. The van der Waals surface area contributed by atoms with Gasteiger partial charge in [-0.25, -0.2) is 28.1 Å². The van der Waals surface area contributed by atoms with Crippen molar-refractivity contribution in [2.24, 2.45) is 0 Å². The first-order valence-electron chi connectivity index (χ1n) is 9.16. The Morgan fingerprint density at radius 3 is 2.35 bits per heavy atom. The fourth-order valence-electron chi connectivity index (χ4n) is 2.84. The Labute approximate surface area is 191 Å². The van der Waals surface area contributed by atoms with Gasteiger partial charge >= 0.3 is 18.1 Å². The Kier molecular flexibility index (Phi) is 7.00. The van der Waals surface area contributed by atoms with Crippen LogP contribution in [0.15, 0.2) is 36.8 Å². The summed E-state index contributed by atoms with van der Waals surface area (Å²) in [7, 11) is 0. The maximum atomic E-state index is 14.8. The molecular formula is C19H13ClF6N6O2. The lowest BCUT2D eigenvalue weighted by Crippen LogP contribution is -2.51. The highest BCUT2D eigenvalue weighted by Crippen LogP contribution is 2.33. The number of pyridine rings is 1. The van der Waals surface area contributed by atoms with Crippen LogP contribution in [0.3, 0.4) is 0 Å². The minimum Gasteiger partial charge on any atom is -0.329 e. The van der Waals surface area contributed by atoms with Crippen LogP contribution in [-0.2, 0) is 4.79 Å². The lowest BCUT2D eigenvalue weighted by Gasteiger charge is -2.17. The van der Waals surface area contributed by atoms with E-state index in [0.717, 1.165) is 40.8 Å². The van der Waals surface area contributed by atoms with Crippen molar-refractivity contribution < 1.29 is 35.9 Å². The average Bonchev–Trinajstić information content (AvgIpc) is 3.16. The Morgan fingerprint density at radius 2 is 1.76 bits per heavy atom. The Bertz CT molecular complexity index is 1250. The third kappa shape index (κ3) is 5.57. The molecule has 3 aromatic rings. The van der Waals surface area contributed by atoms with E-state index in [1.807, 2.05) is 0 Å². The summed E-state index contributed by atoms with van der Waals surface area (Å²) >= 11 is 5.91. The third-order valence-corrected chi connectivity index (χ3v) is 4.51. The number of rotatable bonds is 4. The van der Waals surface area contributed by atoms with Crippen LogP contribution in [0.5, 0.6) is 0 Å². The number of halogens is 7. The van der Waals surface area contributed by atoms with Gasteiger partial charge in [-0.1, -0.05) is 11.6 Å². The van der Waals surface area contributed by atoms with Crippen molar-refractivity contribution in [3.8, 4) is 16.8 Å². The van der Waals surface area contributed by atoms with Crippen LogP contribution in [-0.4, -0.2) is 32.9 Å².